The summed E-state index contributed by atoms with van der Waals surface area (Å²) in [6, 6.07) is 0. The number of aliphatic hydroxyl groups excluding tert-OH is 14. The van der Waals surface area contributed by atoms with Gasteiger partial charge < -0.3 is 172 Å². The van der Waals surface area contributed by atoms with E-state index in [0.717, 1.165) is 14.2 Å². The number of carbonyl (C=O) groups excluding carboxylic acids is 4. The SMILES string of the molecule is CC(=O)NC[C@@H]1C[C@@H](O)[C@@H](O)[C@H](OC(C)C)O1.CC(=O)OC[C@@H]1C[C@@H](O)[C@@H](O)[C@H](OC(C)C)O1.CC(C)O[C@@H]1O[C@H](COC(N)=O)C[C@@H](O)[C@H]1O.COC(=O)[C@@H]1C[C@@H](O)[C@@H](O)[C@H](OC(C)C)O1.COP(=O)(CC[C@@H]1C[C@@H](O)[C@@H](O)[C@H](OC(C)C)O1)OC.COS(=O)(=O)CC[C@@H]1C[C@@H](O)[C@@H](O)[C@H](OC(C)C)O1.COS(=O)(=O)NC[C@@H]1C[C@@H](O)[C@@H](O)[C@H](OC(C)C)O1. The zero-order valence-corrected chi connectivity index (χ0v) is 77.7. The van der Waals surface area contributed by atoms with E-state index in [1.54, 1.807) is 69.2 Å². The van der Waals surface area contributed by atoms with Crippen LogP contribution in [0.4, 0.5) is 4.79 Å². The molecule has 0 radical (unpaired) electrons. The lowest BCUT2D eigenvalue weighted by atomic mass is 10.0. The molecule has 0 aromatic carbocycles. The Labute approximate surface area is 732 Å². The predicted octanol–water partition coefficient (Wildman–Crippen LogP) is -2.57. The number of esters is 2. The number of methoxy groups -OCH3 is 1. The molecule has 0 aromatic heterocycles. The smallest absolute Gasteiger partial charge is 0.404 e. The normalized spacial score (nSPS) is 33.3. The number of nitrogens with one attached hydrogen (secondary N) is 2. The molecule has 7 aliphatic heterocycles. The molecule has 7 rings (SSSR count). The lowest BCUT2D eigenvalue weighted by Gasteiger charge is -2.37. The highest BCUT2D eigenvalue weighted by atomic mass is 32.2. The Morgan fingerprint density at radius 1 is 0.392 bits per heavy atom. The van der Waals surface area contributed by atoms with Crippen molar-refractivity contribution in [1.82, 2.24) is 10.0 Å². The van der Waals surface area contributed by atoms with Gasteiger partial charge in [-0.1, -0.05) is 0 Å². The molecule has 28 atom stereocenters. The van der Waals surface area contributed by atoms with Crippen LogP contribution in [0.25, 0.3) is 0 Å². The molecule has 0 bridgehead atoms. The summed E-state index contributed by atoms with van der Waals surface area (Å²) in [5.41, 5.74) is 4.83. The van der Waals surface area contributed by atoms with Crippen LogP contribution in [0.1, 0.15) is 169 Å². The molecule has 0 saturated carbocycles. The number of rotatable bonds is 34. The third-order valence-corrected chi connectivity index (χ3v) is 22.3. The van der Waals surface area contributed by atoms with E-state index in [9.17, 15) is 112 Å². The van der Waals surface area contributed by atoms with Crippen LogP contribution in [0.15, 0.2) is 0 Å². The second kappa shape index (κ2) is 59.9. The van der Waals surface area contributed by atoms with Gasteiger partial charge in [-0.2, -0.15) is 21.6 Å². The van der Waals surface area contributed by atoms with Crippen LogP contribution in [0.2, 0.25) is 0 Å². The van der Waals surface area contributed by atoms with Gasteiger partial charge in [0.25, 0.3) is 10.1 Å². The summed E-state index contributed by atoms with van der Waals surface area (Å²) >= 11 is 0. The van der Waals surface area contributed by atoms with E-state index in [-0.39, 0.29) is 144 Å². The summed E-state index contributed by atoms with van der Waals surface area (Å²) in [5.74, 6) is -1.35. The Morgan fingerprint density at radius 3 is 0.960 bits per heavy atom. The first-order valence-electron chi connectivity index (χ1n) is 41.1. The highest BCUT2D eigenvalue weighted by molar-refractivity contribution is 7.86. The van der Waals surface area contributed by atoms with E-state index >= 15 is 0 Å². The van der Waals surface area contributed by atoms with Crippen molar-refractivity contribution in [3.05, 3.63) is 0 Å². The van der Waals surface area contributed by atoms with Gasteiger partial charge in [0, 0.05) is 86.1 Å². The van der Waals surface area contributed by atoms with Crippen LogP contribution >= 0.6 is 7.60 Å². The molecule has 0 spiro atoms. The molecule has 7 fully saturated rings. The molecule has 50 heteroatoms. The van der Waals surface area contributed by atoms with Gasteiger partial charge in [0.15, 0.2) is 50.1 Å². The Hall–Kier alpha value is -3.51. The summed E-state index contributed by atoms with van der Waals surface area (Å²) in [4.78, 5) is 43.2. The van der Waals surface area contributed by atoms with E-state index in [2.05, 4.69) is 27.9 Å². The van der Waals surface area contributed by atoms with Crippen molar-refractivity contribution in [2.45, 2.75) is 384 Å². The topological polar surface area (TPSA) is 681 Å². The molecule has 7 aliphatic rings. The average Bonchev–Trinajstić information content (AvgIpc) is 0.860. The molecule has 18 N–H and O–H groups in total. The third kappa shape index (κ3) is 48.1. The fourth-order valence-corrected chi connectivity index (χ4v) is 14.3. The number of carbonyl (C=O) groups is 4. The number of ether oxygens (including phenoxy) is 17. The van der Waals surface area contributed by atoms with E-state index in [1.807, 2.05) is 27.7 Å². The molecule has 7 heterocycles. The molecule has 0 aromatic rings. The quantitative estimate of drug-likeness (QED) is 0.0136. The fourth-order valence-electron chi connectivity index (χ4n) is 11.9. The van der Waals surface area contributed by atoms with Crippen LogP contribution in [0, 0.1) is 0 Å². The number of hydrogen-bond donors (Lipinski definition) is 17. The largest absolute Gasteiger partial charge is 0.467 e. The minimum atomic E-state index is -3.81. The first kappa shape index (κ1) is 119. The molecule has 2 amide bonds. The van der Waals surface area contributed by atoms with Gasteiger partial charge in [0.05, 0.1) is 155 Å². The Bertz CT molecular complexity index is 3050. The Balaban J connectivity index is 0.000000730. The van der Waals surface area contributed by atoms with Gasteiger partial charge in [-0.25, -0.2) is 9.59 Å². The van der Waals surface area contributed by atoms with Crippen LogP contribution in [-0.4, -0.2) is 401 Å². The predicted molar refractivity (Wildman–Crippen MR) is 434 cm³/mol. The van der Waals surface area contributed by atoms with E-state index in [1.165, 1.54) is 35.2 Å². The highest BCUT2D eigenvalue weighted by Crippen LogP contribution is 2.48. The summed E-state index contributed by atoms with van der Waals surface area (Å²) in [6.07, 6.45) is -24.8. The molecule has 0 unspecified atom stereocenters. The van der Waals surface area contributed by atoms with Crippen molar-refractivity contribution in [1.29, 1.82) is 0 Å². The summed E-state index contributed by atoms with van der Waals surface area (Å²) in [5, 5.41) is 138. The second-order valence-corrected chi connectivity index (χ2v) is 37.5. The van der Waals surface area contributed by atoms with Crippen molar-refractivity contribution >= 4 is 52.0 Å². The Kier molecular flexibility index (Phi) is 57.3. The first-order valence-corrected chi connectivity index (χ1v) is 45.8. The zero-order valence-electron chi connectivity index (χ0n) is 75.2. The van der Waals surface area contributed by atoms with Crippen molar-refractivity contribution in [2.75, 3.05) is 73.8 Å². The molecule has 742 valence electrons. The van der Waals surface area contributed by atoms with Gasteiger partial charge in [0.1, 0.15) is 55.9 Å². The monoisotopic (exact) mass is 1890 g/mol. The lowest BCUT2D eigenvalue weighted by molar-refractivity contribution is -0.281. The molecule has 125 heavy (non-hydrogen) atoms. The number of hydrogen-bond acceptors (Lipinski definition) is 44. The highest BCUT2D eigenvalue weighted by Gasteiger charge is 2.46. The maximum atomic E-state index is 12.0. The minimum absolute atomic E-state index is 0.00575. The first-order chi connectivity index (χ1) is 57.9. The summed E-state index contributed by atoms with van der Waals surface area (Å²) in [6.45, 7) is 28.0. The van der Waals surface area contributed by atoms with Gasteiger partial charge in [-0.15, -0.1) is 0 Å². The average molecular weight is 1890 g/mol. The van der Waals surface area contributed by atoms with Crippen molar-refractivity contribution in [3.8, 4) is 0 Å². The molecular formula is C75H146N3O44PS2. The number of nitrogens with two attached hydrogens (primary N) is 1. The van der Waals surface area contributed by atoms with Gasteiger partial charge in [-0.05, 0) is 110 Å². The van der Waals surface area contributed by atoms with Crippen LogP contribution < -0.4 is 15.8 Å². The second-order valence-electron chi connectivity index (χ2n) is 31.7. The maximum absolute atomic E-state index is 12.0. The van der Waals surface area contributed by atoms with E-state index in [4.69, 9.17) is 85.8 Å². The van der Waals surface area contributed by atoms with Crippen LogP contribution in [-0.2, 0) is 137 Å². The van der Waals surface area contributed by atoms with Crippen LogP contribution in [0.3, 0.4) is 0 Å². The summed E-state index contributed by atoms with van der Waals surface area (Å²) < 4.78 is 166. The number of aliphatic hydroxyl groups is 14. The third-order valence-electron chi connectivity index (χ3n) is 18.2. The van der Waals surface area contributed by atoms with Gasteiger partial charge in [-0.3, -0.25) is 22.5 Å². The van der Waals surface area contributed by atoms with E-state index < -0.39 is 206 Å². The van der Waals surface area contributed by atoms with Gasteiger partial charge >= 0.3 is 35.9 Å². The van der Waals surface area contributed by atoms with E-state index in [0.29, 0.717) is 13.0 Å². The molecule has 0 aliphatic carbocycles. The standard InChI is InChI=1S/C12H25O7P.C11H21NO5.C11H22O7S.C11H20O6.C10H21NO7S.C10H19NO6.C10H18O6/c1-8(2)18-12-11(14)10(13)7-9(19-12)5-6-20(15,16-3)17-4;1-6(2)16-11-10(15)9(14)4-8(17-11)5-12-7(3)13;1-7(2)17-11-10(13)9(12)6-8(18-11)4-5-19(14,15)16-3;1-6(2)16-11-10(14)9(13)4-8(17-11)5-15-7(3)12;1-6(2)17-10-9(13)8(12)4-7(18-10)5-11-19(14,15)16-3;1-5(2)16-9-8(13)7(12)3-6(17-9)4-15-10(11)14;1-5(2)15-10-8(12)6(11)4-7(16-10)9(13)14-3/h8-14H,5-7H2,1-4H3;6,8-11,14-15H,4-5H2,1-3H3,(H,12,13);7-13H,4-6H2,1-3H3;6,8-11,13-14H,4-5H2,1-3H3;6-13H,4-5H2,1-3H3;5-9,12-13H,3-4H2,1-2H3,(H2,11,14);5-8,10-12H,4H2,1-3H3/t9-,10-,11-,12-;8-,9+,10+,11+;8-,9-,10-,11-;8-,9+,10+,11+;7-,8+,9+,10+;6-,7+,8+,9+;6-,7+,8-,10-/m1010001/s1. The fraction of sp³-hybridized carbons (Fsp3) is 0.947. The van der Waals surface area contributed by atoms with Crippen molar-refractivity contribution in [2.24, 2.45) is 5.73 Å². The maximum Gasteiger partial charge on any atom is 0.404 e. The van der Waals surface area contributed by atoms with Crippen molar-refractivity contribution in [3.63, 3.8) is 0 Å². The number of primary amides is 1. The number of amides is 2. The molecule has 7 saturated heterocycles. The zero-order chi connectivity index (χ0) is 95.9. The summed E-state index contributed by atoms with van der Waals surface area (Å²) in [7, 11) is -4.43. The molecule has 47 nitrogen and oxygen atoms in total. The van der Waals surface area contributed by atoms with Crippen LogP contribution in [0.5, 0.6) is 0 Å². The van der Waals surface area contributed by atoms with Gasteiger partial charge in [0.2, 0.25) is 5.91 Å². The Morgan fingerprint density at radius 2 is 0.672 bits per heavy atom. The lowest BCUT2D eigenvalue weighted by Crippen LogP contribution is -2.52. The van der Waals surface area contributed by atoms with Crippen molar-refractivity contribution < 1.29 is 210 Å². The molecular weight excluding hydrogens is 1740 g/mol. The minimum Gasteiger partial charge on any atom is -0.467 e.